The first-order valence-corrected chi connectivity index (χ1v) is 10.1. The van der Waals surface area contributed by atoms with E-state index in [2.05, 4.69) is 20.8 Å². The summed E-state index contributed by atoms with van der Waals surface area (Å²) in [5.74, 6) is 0.0427. The van der Waals surface area contributed by atoms with Gasteiger partial charge in [0.05, 0.1) is 11.1 Å². The van der Waals surface area contributed by atoms with E-state index >= 15 is 0 Å². The molecule has 2 aromatic rings. The third kappa shape index (κ3) is 2.21. The maximum Gasteiger partial charge on any atom is 0.343 e. The van der Waals surface area contributed by atoms with Crippen molar-refractivity contribution in [3.63, 3.8) is 0 Å². The van der Waals surface area contributed by atoms with Gasteiger partial charge in [-0.2, -0.15) is 0 Å². The van der Waals surface area contributed by atoms with Crippen LogP contribution in [0.1, 0.15) is 66.3 Å². The van der Waals surface area contributed by atoms with Gasteiger partial charge in [0.15, 0.2) is 0 Å². The Balaban J connectivity index is 1.49. The first kappa shape index (κ1) is 18.2. The highest BCUT2D eigenvalue weighted by Gasteiger charge is 2.73. The molecule has 2 bridgehead atoms. The van der Waals surface area contributed by atoms with Gasteiger partial charge in [-0.15, -0.1) is 0 Å². The maximum absolute atomic E-state index is 12.8. The smallest absolute Gasteiger partial charge is 0.343 e. The van der Waals surface area contributed by atoms with Crippen LogP contribution in [0.3, 0.4) is 0 Å². The van der Waals surface area contributed by atoms with Crippen LogP contribution in [0.5, 0.6) is 11.5 Å². The minimum Gasteiger partial charge on any atom is -0.486 e. The number of esters is 1. The fraction of sp³-hybridized carbons (Fsp3) is 0.417. The predicted octanol–water partition coefficient (Wildman–Crippen LogP) is 4.83. The van der Waals surface area contributed by atoms with Crippen LogP contribution < -0.4 is 9.47 Å². The molecule has 1 heterocycles. The largest absolute Gasteiger partial charge is 0.486 e. The molecular weight excluding hydrogens is 368 g/mol. The number of hydrogen-bond donors (Lipinski definition) is 1. The summed E-state index contributed by atoms with van der Waals surface area (Å²) in [6, 6.07) is 11.5. The van der Waals surface area contributed by atoms with Crippen LogP contribution in [-0.4, -0.2) is 22.6 Å². The van der Waals surface area contributed by atoms with E-state index in [1.165, 1.54) is 25.0 Å². The molecular formula is C24H24O5. The van der Waals surface area contributed by atoms with E-state index in [4.69, 9.17) is 14.6 Å². The van der Waals surface area contributed by atoms with Crippen LogP contribution in [0.4, 0.5) is 0 Å². The van der Waals surface area contributed by atoms with Crippen LogP contribution >= 0.6 is 0 Å². The summed E-state index contributed by atoms with van der Waals surface area (Å²) in [6.07, 6.45) is 3.50. The van der Waals surface area contributed by atoms with Crippen molar-refractivity contribution in [3.05, 3.63) is 59.2 Å². The van der Waals surface area contributed by atoms with Crippen molar-refractivity contribution in [1.82, 2.24) is 0 Å². The lowest BCUT2D eigenvalue weighted by Gasteiger charge is -2.48. The molecule has 5 rings (SSSR count). The fourth-order valence-electron chi connectivity index (χ4n) is 6.17. The van der Waals surface area contributed by atoms with Crippen molar-refractivity contribution in [2.24, 2.45) is 11.3 Å². The number of carbonyl (C=O) groups is 2. The Labute approximate surface area is 169 Å². The van der Waals surface area contributed by atoms with Gasteiger partial charge in [0.25, 0.3) is 0 Å². The van der Waals surface area contributed by atoms with Crippen LogP contribution in [0.15, 0.2) is 42.5 Å². The number of aromatic carboxylic acids is 1. The van der Waals surface area contributed by atoms with Gasteiger partial charge in [-0.25, -0.2) is 9.59 Å². The molecule has 5 heteroatoms. The lowest BCUT2D eigenvalue weighted by Crippen LogP contribution is -2.54. The van der Waals surface area contributed by atoms with Crippen molar-refractivity contribution < 1.29 is 24.2 Å². The van der Waals surface area contributed by atoms with Gasteiger partial charge in [0.1, 0.15) is 17.1 Å². The molecule has 2 aliphatic carbocycles. The molecule has 2 saturated carbocycles. The number of rotatable bonds is 3. The highest BCUT2D eigenvalue weighted by atomic mass is 16.5. The zero-order chi connectivity index (χ0) is 20.6. The Bertz CT molecular complexity index is 1060. The summed E-state index contributed by atoms with van der Waals surface area (Å²) in [5, 5.41) is 9.13. The Morgan fingerprint density at radius 1 is 1.10 bits per heavy atom. The molecule has 4 atom stereocenters. The van der Waals surface area contributed by atoms with Gasteiger partial charge in [-0.1, -0.05) is 19.9 Å². The first-order chi connectivity index (χ1) is 13.7. The zero-order valence-electron chi connectivity index (χ0n) is 16.8. The number of hydrogen-bond acceptors (Lipinski definition) is 4. The maximum atomic E-state index is 12.8. The Kier molecular flexibility index (Phi) is 3.53. The molecule has 3 aliphatic rings. The zero-order valence-corrected chi connectivity index (χ0v) is 16.8. The van der Waals surface area contributed by atoms with E-state index in [0.29, 0.717) is 11.5 Å². The van der Waals surface area contributed by atoms with Crippen molar-refractivity contribution in [1.29, 1.82) is 0 Å². The molecule has 2 fully saturated rings. The minimum atomic E-state index is -1.06. The molecule has 5 nitrogen and oxygen atoms in total. The molecule has 0 radical (unpaired) electrons. The van der Waals surface area contributed by atoms with Crippen molar-refractivity contribution in [2.45, 2.75) is 51.0 Å². The van der Waals surface area contributed by atoms with Crippen LogP contribution in [0, 0.1) is 11.3 Å². The Hall–Kier alpha value is -2.82. The first-order valence-electron chi connectivity index (χ1n) is 10.1. The van der Waals surface area contributed by atoms with Gasteiger partial charge in [-0.05, 0) is 73.9 Å². The predicted molar refractivity (Wildman–Crippen MR) is 107 cm³/mol. The number of carboxylic acid groups (broad SMARTS) is 1. The SMILES string of the molecule is CC12CCC(C1)C1(C)Oc3ccc(C(=O)Oc4cccc(C(=O)O)c4)cc3C21C. The number of carbonyl (C=O) groups excluding carboxylic acids is 1. The molecule has 2 aromatic carbocycles. The van der Waals surface area contributed by atoms with E-state index in [0.717, 1.165) is 17.7 Å². The van der Waals surface area contributed by atoms with Gasteiger partial charge < -0.3 is 14.6 Å². The number of fused-ring (bicyclic) bond motifs is 7. The summed E-state index contributed by atoms with van der Waals surface area (Å²) in [7, 11) is 0. The fourth-order valence-corrected chi connectivity index (χ4v) is 6.17. The second-order valence-corrected chi connectivity index (χ2v) is 9.27. The number of carboxylic acids is 1. The average Bonchev–Trinajstić information content (AvgIpc) is 3.25. The monoisotopic (exact) mass is 392 g/mol. The summed E-state index contributed by atoms with van der Waals surface area (Å²) in [4.78, 5) is 23.9. The summed E-state index contributed by atoms with van der Waals surface area (Å²) in [5.41, 5.74) is 1.35. The van der Waals surface area contributed by atoms with E-state index in [-0.39, 0.29) is 27.7 Å². The molecule has 0 aromatic heterocycles. The minimum absolute atomic E-state index is 0.0795. The Morgan fingerprint density at radius 3 is 2.66 bits per heavy atom. The lowest BCUT2D eigenvalue weighted by molar-refractivity contribution is -0.0260. The molecule has 0 spiro atoms. The molecule has 1 N–H and O–H groups in total. The highest BCUT2D eigenvalue weighted by molar-refractivity contribution is 5.92. The van der Waals surface area contributed by atoms with Gasteiger partial charge in [0, 0.05) is 11.0 Å². The van der Waals surface area contributed by atoms with E-state index in [1.807, 2.05) is 12.1 Å². The van der Waals surface area contributed by atoms with Gasteiger partial charge in [-0.3, -0.25) is 0 Å². The van der Waals surface area contributed by atoms with E-state index < -0.39 is 11.9 Å². The molecule has 29 heavy (non-hydrogen) atoms. The molecule has 0 amide bonds. The van der Waals surface area contributed by atoms with Crippen LogP contribution in [0.25, 0.3) is 0 Å². The summed E-state index contributed by atoms with van der Waals surface area (Å²) >= 11 is 0. The average molecular weight is 392 g/mol. The quantitative estimate of drug-likeness (QED) is 0.598. The van der Waals surface area contributed by atoms with E-state index in [1.54, 1.807) is 18.2 Å². The molecule has 0 saturated heterocycles. The molecule has 150 valence electrons. The standard InChI is InChI=1S/C24H24O5/c1-22-10-9-16(13-22)24(3)23(22,2)18-12-15(7-8-19(18)29-24)21(27)28-17-6-4-5-14(11-17)20(25)26/h4-8,11-12,16H,9-10,13H2,1-3H3,(H,25,26). The third-order valence-electron chi connectivity index (χ3n) is 8.09. The van der Waals surface area contributed by atoms with Crippen molar-refractivity contribution in [2.75, 3.05) is 0 Å². The third-order valence-corrected chi connectivity index (χ3v) is 8.09. The summed E-state index contributed by atoms with van der Waals surface area (Å²) in [6.45, 7) is 6.85. The Morgan fingerprint density at radius 2 is 1.90 bits per heavy atom. The summed E-state index contributed by atoms with van der Waals surface area (Å²) < 4.78 is 12.0. The second-order valence-electron chi connectivity index (χ2n) is 9.27. The van der Waals surface area contributed by atoms with Crippen molar-refractivity contribution >= 4 is 11.9 Å². The molecule has 1 aliphatic heterocycles. The van der Waals surface area contributed by atoms with E-state index in [9.17, 15) is 9.59 Å². The topological polar surface area (TPSA) is 72.8 Å². The normalized spacial score (nSPS) is 33.7. The van der Waals surface area contributed by atoms with Crippen LogP contribution in [-0.2, 0) is 5.41 Å². The highest BCUT2D eigenvalue weighted by Crippen LogP contribution is 2.73. The number of ether oxygens (including phenoxy) is 2. The number of benzene rings is 2. The van der Waals surface area contributed by atoms with Crippen LogP contribution in [0.2, 0.25) is 0 Å². The second kappa shape index (κ2) is 5.62. The lowest BCUT2D eigenvalue weighted by atomic mass is 9.56. The van der Waals surface area contributed by atoms with Gasteiger partial charge in [0.2, 0.25) is 0 Å². The van der Waals surface area contributed by atoms with Crippen molar-refractivity contribution in [3.8, 4) is 11.5 Å². The molecule has 4 unspecified atom stereocenters. The van der Waals surface area contributed by atoms with Gasteiger partial charge >= 0.3 is 11.9 Å².